The van der Waals surface area contributed by atoms with E-state index in [0.717, 1.165) is 17.3 Å². The predicted octanol–water partition coefficient (Wildman–Crippen LogP) is 6.13. The van der Waals surface area contributed by atoms with Gasteiger partial charge in [0.05, 0.1) is 6.04 Å². The summed E-state index contributed by atoms with van der Waals surface area (Å²) in [6, 6.07) is 19.1. The number of benzene rings is 2. The van der Waals surface area contributed by atoms with Gasteiger partial charge in [-0.25, -0.2) is 4.79 Å². The largest absolute Gasteiger partial charge is 0.427 e. The fraction of sp³-hybridized carbons (Fsp3) is 0.333. The Balaban J connectivity index is 1.53. The number of halogens is 2. The van der Waals surface area contributed by atoms with Crippen LogP contribution in [-0.2, 0) is 9.67 Å². The zero-order valence-corrected chi connectivity index (χ0v) is 21.0. The molecule has 0 radical (unpaired) electrons. The molecule has 190 valence electrons. The quantitative estimate of drug-likeness (QED) is 0.384. The molecule has 0 unspecified atom stereocenters. The number of pyridine rings is 1. The SMILES string of the molecule is C[C@@H](c1ccc(-c2ccn(C(F)F)c(=O)c2)cc1)N1CC[C@](SC(C)(C)O)(c2ccccc2)OC1=O. The van der Waals surface area contributed by atoms with Crippen molar-refractivity contribution in [1.29, 1.82) is 0 Å². The number of amides is 1. The van der Waals surface area contributed by atoms with Crippen LogP contribution >= 0.6 is 11.8 Å². The maximum atomic E-state index is 13.2. The minimum absolute atomic E-state index is 0.292. The molecule has 1 N–H and O–H groups in total. The second-order valence-electron chi connectivity index (χ2n) is 9.22. The van der Waals surface area contributed by atoms with E-state index in [4.69, 9.17) is 4.74 Å². The summed E-state index contributed by atoms with van der Waals surface area (Å²) in [5.74, 6) is 0. The number of cyclic esters (lactones) is 1. The lowest BCUT2D eigenvalue weighted by molar-refractivity contribution is -0.00969. The number of ether oxygens (including phenoxy) is 1. The third-order valence-electron chi connectivity index (χ3n) is 6.15. The van der Waals surface area contributed by atoms with Crippen LogP contribution in [0.2, 0.25) is 0 Å². The van der Waals surface area contributed by atoms with Crippen molar-refractivity contribution in [3.8, 4) is 11.1 Å². The summed E-state index contributed by atoms with van der Waals surface area (Å²) in [6.07, 6.45) is 1.09. The molecule has 3 aromatic rings. The van der Waals surface area contributed by atoms with E-state index in [9.17, 15) is 23.5 Å². The summed E-state index contributed by atoms with van der Waals surface area (Å²) in [6.45, 7) is 2.77. The monoisotopic (exact) mass is 514 g/mol. The van der Waals surface area contributed by atoms with Crippen LogP contribution in [0.15, 0.2) is 77.7 Å². The van der Waals surface area contributed by atoms with Crippen LogP contribution in [0.5, 0.6) is 0 Å². The van der Waals surface area contributed by atoms with Crippen LogP contribution in [0.1, 0.15) is 50.9 Å². The highest BCUT2D eigenvalue weighted by atomic mass is 32.2. The molecular formula is C27H28F2N2O4S. The number of rotatable bonds is 7. The highest BCUT2D eigenvalue weighted by Crippen LogP contribution is 2.49. The van der Waals surface area contributed by atoms with Crippen molar-refractivity contribution in [2.24, 2.45) is 0 Å². The Morgan fingerprint density at radius 3 is 2.25 bits per heavy atom. The van der Waals surface area contributed by atoms with Crippen molar-refractivity contribution in [3.05, 3.63) is 94.4 Å². The van der Waals surface area contributed by atoms with Crippen LogP contribution in [0, 0.1) is 0 Å². The Morgan fingerprint density at radius 1 is 1.03 bits per heavy atom. The van der Waals surface area contributed by atoms with E-state index in [1.54, 1.807) is 30.9 Å². The number of alkyl halides is 2. The van der Waals surface area contributed by atoms with Crippen molar-refractivity contribution >= 4 is 17.9 Å². The fourth-order valence-corrected chi connectivity index (χ4v) is 5.72. The lowest BCUT2D eigenvalue weighted by atomic mass is 10.00. The van der Waals surface area contributed by atoms with Crippen molar-refractivity contribution in [2.75, 3.05) is 6.54 Å². The average molecular weight is 515 g/mol. The van der Waals surface area contributed by atoms with E-state index >= 15 is 0 Å². The third kappa shape index (κ3) is 5.47. The molecule has 0 saturated carbocycles. The summed E-state index contributed by atoms with van der Waals surface area (Å²) >= 11 is 1.21. The number of aromatic nitrogens is 1. The molecule has 1 aromatic heterocycles. The minimum atomic E-state index is -2.89. The second-order valence-corrected chi connectivity index (χ2v) is 11.1. The molecule has 1 saturated heterocycles. The van der Waals surface area contributed by atoms with E-state index in [0.29, 0.717) is 28.7 Å². The highest BCUT2D eigenvalue weighted by molar-refractivity contribution is 8.01. The number of aliphatic hydroxyl groups is 1. The van der Waals surface area contributed by atoms with Gasteiger partial charge < -0.3 is 14.7 Å². The predicted molar refractivity (Wildman–Crippen MR) is 136 cm³/mol. The summed E-state index contributed by atoms with van der Waals surface area (Å²) < 4.78 is 32.1. The summed E-state index contributed by atoms with van der Waals surface area (Å²) in [5.41, 5.74) is 2.14. The summed E-state index contributed by atoms with van der Waals surface area (Å²) in [4.78, 5) is 24.7. The van der Waals surface area contributed by atoms with Crippen LogP contribution in [0.4, 0.5) is 13.6 Å². The van der Waals surface area contributed by atoms with Crippen molar-refractivity contribution in [3.63, 3.8) is 0 Å². The van der Waals surface area contributed by atoms with Crippen molar-refractivity contribution < 1.29 is 23.4 Å². The molecule has 0 bridgehead atoms. The number of hydrogen-bond donors (Lipinski definition) is 1. The van der Waals surface area contributed by atoms with Crippen molar-refractivity contribution in [2.45, 2.75) is 49.6 Å². The molecule has 36 heavy (non-hydrogen) atoms. The zero-order valence-electron chi connectivity index (χ0n) is 20.2. The maximum Gasteiger partial charge on any atom is 0.411 e. The molecule has 1 fully saturated rings. The van der Waals surface area contributed by atoms with Gasteiger partial charge in [-0.15, -0.1) is 0 Å². The van der Waals surface area contributed by atoms with Crippen LogP contribution in [-0.4, -0.2) is 32.1 Å². The molecule has 2 atom stereocenters. The van der Waals surface area contributed by atoms with E-state index in [1.807, 2.05) is 49.4 Å². The van der Waals surface area contributed by atoms with E-state index in [2.05, 4.69) is 0 Å². The minimum Gasteiger partial charge on any atom is -0.427 e. The molecule has 0 spiro atoms. The standard InChI is InChI=1S/C27H28F2N2O4S/c1-18(19-9-11-20(12-10-19)21-13-15-31(24(28)29)23(32)17-21)30-16-14-27(35-25(30)33,36-26(2,3)34)22-7-5-4-6-8-22/h4-13,15,17-18,24,34H,14,16H2,1-3H3/t18-,27-/m0/s1. The molecule has 0 aliphatic carbocycles. The smallest absolute Gasteiger partial charge is 0.411 e. The molecule has 2 heterocycles. The van der Waals surface area contributed by atoms with Gasteiger partial charge in [-0.2, -0.15) is 8.78 Å². The Hall–Kier alpha value is -3.17. The molecule has 1 aliphatic rings. The Labute approximate surface area is 212 Å². The van der Waals surface area contributed by atoms with E-state index in [1.165, 1.54) is 23.9 Å². The van der Waals surface area contributed by atoms with Gasteiger partial charge >= 0.3 is 12.6 Å². The first-order chi connectivity index (χ1) is 17.0. The fourth-order valence-electron chi connectivity index (χ4n) is 4.36. The van der Waals surface area contributed by atoms with Crippen LogP contribution in [0.25, 0.3) is 11.1 Å². The number of carbonyl (C=O) groups excluding carboxylic acids is 1. The van der Waals surface area contributed by atoms with Gasteiger partial charge in [0, 0.05) is 30.8 Å². The number of thioether (sulfide) groups is 1. The van der Waals surface area contributed by atoms with Gasteiger partial charge in [-0.1, -0.05) is 66.4 Å². The first-order valence-corrected chi connectivity index (χ1v) is 12.4. The highest BCUT2D eigenvalue weighted by Gasteiger charge is 2.47. The molecule has 1 amide bonds. The molecule has 1 aliphatic heterocycles. The Bertz CT molecular complexity index is 1280. The number of carbonyl (C=O) groups is 1. The van der Waals surface area contributed by atoms with Crippen LogP contribution < -0.4 is 5.56 Å². The third-order valence-corrected chi connectivity index (χ3v) is 7.50. The van der Waals surface area contributed by atoms with Crippen molar-refractivity contribution in [1.82, 2.24) is 9.47 Å². The Kier molecular flexibility index (Phi) is 7.24. The first kappa shape index (κ1) is 25.9. The lowest BCUT2D eigenvalue weighted by Crippen LogP contribution is -2.48. The zero-order chi connectivity index (χ0) is 26.1. The second kappa shape index (κ2) is 10.1. The summed E-state index contributed by atoms with van der Waals surface area (Å²) in [7, 11) is 0. The average Bonchev–Trinajstić information content (AvgIpc) is 2.83. The van der Waals surface area contributed by atoms with Crippen LogP contribution in [0.3, 0.4) is 0 Å². The first-order valence-electron chi connectivity index (χ1n) is 11.6. The van der Waals surface area contributed by atoms with Gasteiger partial charge in [-0.3, -0.25) is 9.36 Å². The summed E-state index contributed by atoms with van der Waals surface area (Å²) in [5, 5.41) is 10.5. The van der Waals surface area contributed by atoms with Gasteiger partial charge in [-0.05, 0) is 43.5 Å². The molecule has 6 nitrogen and oxygen atoms in total. The molecular weight excluding hydrogens is 486 g/mol. The topological polar surface area (TPSA) is 71.8 Å². The molecule has 9 heteroatoms. The Morgan fingerprint density at radius 2 is 1.69 bits per heavy atom. The maximum absolute atomic E-state index is 13.2. The van der Waals surface area contributed by atoms with Gasteiger partial charge in [0.2, 0.25) is 0 Å². The number of nitrogens with zero attached hydrogens (tertiary/aromatic N) is 2. The van der Waals surface area contributed by atoms with Gasteiger partial charge in [0.1, 0.15) is 4.93 Å². The normalized spacial score (nSPS) is 19.3. The van der Waals surface area contributed by atoms with Gasteiger partial charge in [0.15, 0.2) is 4.93 Å². The lowest BCUT2D eigenvalue weighted by Gasteiger charge is -2.44. The van der Waals surface area contributed by atoms with E-state index < -0.39 is 28.1 Å². The van der Waals surface area contributed by atoms with Gasteiger partial charge in [0.25, 0.3) is 5.56 Å². The van der Waals surface area contributed by atoms with E-state index in [-0.39, 0.29) is 6.04 Å². The number of hydrogen-bond acceptors (Lipinski definition) is 5. The molecule has 2 aromatic carbocycles. The molecule has 4 rings (SSSR count).